The number of aldehydes is 1. The SMILES string of the molecule is Cc1nnc(COc2ccc(C=O)cc2C(F)(F)F)n1C. The number of halogens is 3. The van der Waals surface area contributed by atoms with Crippen LogP contribution in [0.5, 0.6) is 5.75 Å². The van der Waals surface area contributed by atoms with Crippen molar-refractivity contribution in [2.24, 2.45) is 7.05 Å². The highest BCUT2D eigenvalue weighted by atomic mass is 19.4. The van der Waals surface area contributed by atoms with Gasteiger partial charge >= 0.3 is 6.18 Å². The maximum Gasteiger partial charge on any atom is 0.419 e. The number of alkyl halides is 3. The third-order valence-electron chi connectivity index (χ3n) is 2.98. The molecule has 0 saturated carbocycles. The van der Waals surface area contributed by atoms with Crippen LogP contribution in [0.4, 0.5) is 13.2 Å². The van der Waals surface area contributed by atoms with Gasteiger partial charge in [-0.25, -0.2) is 0 Å². The number of hydrogen-bond donors (Lipinski definition) is 0. The third kappa shape index (κ3) is 3.21. The van der Waals surface area contributed by atoms with Crippen LogP contribution in [-0.2, 0) is 19.8 Å². The molecule has 5 nitrogen and oxygen atoms in total. The zero-order chi connectivity index (χ0) is 15.6. The van der Waals surface area contributed by atoms with Gasteiger partial charge in [0.1, 0.15) is 24.5 Å². The van der Waals surface area contributed by atoms with Crippen molar-refractivity contribution in [2.45, 2.75) is 19.7 Å². The summed E-state index contributed by atoms with van der Waals surface area (Å²) in [4.78, 5) is 10.6. The summed E-state index contributed by atoms with van der Waals surface area (Å²) in [5, 5.41) is 7.60. The molecule has 1 aromatic carbocycles. The fourth-order valence-corrected chi connectivity index (χ4v) is 1.69. The molecular formula is C13H12F3N3O2. The van der Waals surface area contributed by atoms with E-state index in [1.807, 2.05) is 0 Å². The second-order valence-electron chi connectivity index (χ2n) is 4.38. The molecule has 0 spiro atoms. The molecule has 0 amide bonds. The van der Waals surface area contributed by atoms with Gasteiger partial charge in [0.25, 0.3) is 0 Å². The Hall–Kier alpha value is -2.38. The highest BCUT2D eigenvalue weighted by Crippen LogP contribution is 2.36. The normalized spacial score (nSPS) is 11.5. The van der Waals surface area contributed by atoms with Crippen molar-refractivity contribution < 1.29 is 22.7 Å². The molecule has 1 aromatic heterocycles. The molecule has 0 aliphatic carbocycles. The monoisotopic (exact) mass is 299 g/mol. The average molecular weight is 299 g/mol. The number of aryl methyl sites for hydroxylation is 1. The first-order chi connectivity index (χ1) is 9.82. The summed E-state index contributed by atoms with van der Waals surface area (Å²) >= 11 is 0. The van der Waals surface area contributed by atoms with E-state index in [0.717, 1.165) is 12.1 Å². The predicted octanol–water partition coefficient (Wildman–Crippen LogP) is 2.53. The molecule has 0 radical (unpaired) electrons. The Morgan fingerprint density at radius 2 is 2.05 bits per heavy atom. The number of hydrogen-bond acceptors (Lipinski definition) is 4. The van der Waals surface area contributed by atoms with Gasteiger partial charge in [-0.3, -0.25) is 4.79 Å². The lowest BCUT2D eigenvalue weighted by molar-refractivity contribution is -0.139. The van der Waals surface area contributed by atoms with Gasteiger partial charge in [-0.05, 0) is 25.1 Å². The van der Waals surface area contributed by atoms with Crippen LogP contribution in [0, 0.1) is 6.92 Å². The number of ether oxygens (including phenoxy) is 1. The molecule has 2 rings (SSSR count). The van der Waals surface area contributed by atoms with Gasteiger partial charge in [-0.1, -0.05) is 0 Å². The van der Waals surface area contributed by atoms with Crippen molar-refractivity contribution in [2.75, 3.05) is 0 Å². The van der Waals surface area contributed by atoms with Crippen LogP contribution in [0.25, 0.3) is 0 Å². The minimum Gasteiger partial charge on any atom is -0.485 e. The lowest BCUT2D eigenvalue weighted by atomic mass is 10.1. The summed E-state index contributed by atoms with van der Waals surface area (Å²) in [6.45, 7) is 1.57. The quantitative estimate of drug-likeness (QED) is 0.814. The van der Waals surface area contributed by atoms with Crippen LogP contribution in [0.1, 0.15) is 27.6 Å². The van der Waals surface area contributed by atoms with Crippen LogP contribution in [0.3, 0.4) is 0 Å². The zero-order valence-electron chi connectivity index (χ0n) is 11.3. The Balaban J connectivity index is 2.27. The molecule has 0 saturated heterocycles. The van der Waals surface area contributed by atoms with E-state index in [4.69, 9.17) is 4.74 Å². The van der Waals surface area contributed by atoms with Gasteiger partial charge in [0.05, 0.1) is 5.56 Å². The van der Waals surface area contributed by atoms with Gasteiger partial charge in [-0.2, -0.15) is 13.2 Å². The van der Waals surface area contributed by atoms with E-state index in [0.29, 0.717) is 17.9 Å². The average Bonchev–Trinajstić information content (AvgIpc) is 2.75. The fourth-order valence-electron chi connectivity index (χ4n) is 1.69. The van der Waals surface area contributed by atoms with Crippen molar-refractivity contribution in [1.29, 1.82) is 0 Å². The lowest BCUT2D eigenvalue weighted by Crippen LogP contribution is -2.11. The van der Waals surface area contributed by atoms with Gasteiger partial charge in [-0.15, -0.1) is 10.2 Å². The molecule has 0 N–H and O–H groups in total. The van der Waals surface area contributed by atoms with Crippen molar-refractivity contribution in [3.05, 3.63) is 41.0 Å². The number of benzene rings is 1. The van der Waals surface area contributed by atoms with E-state index >= 15 is 0 Å². The summed E-state index contributed by atoms with van der Waals surface area (Å²) in [5.74, 6) is 0.676. The number of nitrogens with zero attached hydrogens (tertiary/aromatic N) is 3. The van der Waals surface area contributed by atoms with Gasteiger partial charge in [0.2, 0.25) is 0 Å². The molecule has 21 heavy (non-hydrogen) atoms. The Morgan fingerprint density at radius 1 is 1.33 bits per heavy atom. The molecule has 0 aliphatic heterocycles. The summed E-state index contributed by atoms with van der Waals surface area (Å²) in [7, 11) is 1.69. The summed E-state index contributed by atoms with van der Waals surface area (Å²) in [6, 6.07) is 3.14. The molecule has 0 fully saturated rings. The number of carbonyl (C=O) groups is 1. The van der Waals surface area contributed by atoms with E-state index in [9.17, 15) is 18.0 Å². The fraction of sp³-hybridized carbons (Fsp3) is 0.308. The van der Waals surface area contributed by atoms with E-state index in [-0.39, 0.29) is 17.9 Å². The zero-order valence-corrected chi connectivity index (χ0v) is 11.3. The van der Waals surface area contributed by atoms with Crippen LogP contribution < -0.4 is 4.74 Å². The first-order valence-electron chi connectivity index (χ1n) is 5.97. The molecular weight excluding hydrogens is 287 g/mol. The number of carbonyl (C=O) groups excluding carboxylic acids is 1. The van der Waals surface area contributed by atoms with Crippen molar-refractivity contribution in [3.63, 3.8) is 0 Å². The summed E-state index contributed by atoms with van der Waals surface area (Å²) in [5.41, 5.74) is -1.06. The minimum atomic E-state index is -4.61. The molecule has 8 heteroatoms. The van der Waals surface area contributed by atoms with E-state index in [1.165, 1.54) is 6.07 Å². The van der Waals surface area contributed by atoms with Gasteiger partial charge in [0, 0.05) is 12.6 Å². The lowest BCUT2D eigenvalue weighted by Gasteiger charge is -2.14. The second kappa shape index (κ2) is 5.55. The standard InChI is InChI=1S/C13H12F3N3O2/c1-8-17-18-12(19(8)2)7-21-11-4-3-9(6-20)5-10(11)13(14,15)16/h3-6H,7H2,1-2H3. The Bertz CT molecular complexity index is 665. The first kappa shape index (κ1) is 15.0. The van der Waals surface area contributed by atoms with E-state index in [1.54, 1.807) is 18.5 Å². The predicted molar refractivity (Wildman–Crippen MR) is 66.9 cm³/mol. The summed E-state index contributed by atoms with van der Waals surface area (Å²) in [6.07, 6.45) is -4.25. The van der Waals surface area contributed by atoms with E-state index in [2.05, 4.69) is 10.2 Å². The largest absolute Gasteiger partial charge is 0.485 e. The number of aromatic nitrogens is 3. The highest BCUT2D eigenvalue weighted by Gasteiger charge is 2.34. The third-order valence-corrected chi connectivity index (χ3v) is 2.98. The topological polar surface area (TPSA) is 57.0 Å². The highest BCUT2D eigenvalue weighted by molar-refractivity contribution is 5.75. The molecule has 2 aromatic rings. The Morgan fingerprint density at radius 3 is 2.57 bits per heavy atom. The van der Waals surface area contributed by atoms with Crippen molar-refractivity contribution in [3.8, 4) is 5.75 Å². The first-order valence-corrected chi connectivity index (χ1v) is 5.97. The van der Waals surface area contributed by atoms with Gasteiger partial charge < -0.3 is 9.30 Å². The second-order valence-corrected chi connectivity index (χ2v) is 4.38. The Kier molecular flexibility index (Phi) is 3.97. The Labute approximate surface area is 118 Å². The molecule has 1 heterocycles. The molecule has 0 bridgehead atoms. The van der Waals surface area contributed by atoms with E-state index < -0.39 is 11.7 Å². The van der Waals surface area contributed by atoms with Crippen LogP contribution in [0.15, 0.2) is 18.2 Å². The smallest absolute Gasteiger partial charge is 0.419 e. The van der Waals surface area contributed by atoms with Crippen LogP contribution >= 0.6 is 0 Å². The van der Waals surface area contributed by atoms with Crippen LogP contribution in [-0.4, -0.2) is 21.1 Å². The maximum absolute atomic E-state index is 12.9. The van der Waals surface area contributed by atoms with Crippen LogP contribution in [0.2, 0.25) is 0 Å². The molecule has 112 valence electrons. The minimum absolute atomic E-state index is 0.0656. The molecule has 0 aliphatic rings. The molecule has 0 unspecified atom stereocenters. The van der Waals surface area contributed by atoms with Crippen molar-refractivity contribution in [1.82, 2.24) is 14.8 Å². The van der Waals surface area contributed by atoms with Gasteiger partial charge in [0.15, 0.2) is 5.82 Å². The maximum atomic E-state index is 12.9. The number of rotatable bonds is 4. The molecule has 0 atom stereocenters. The summed E-state index contributed by atoms with van der Waals surface area (Å²) < 4.78 is 45.6. The van der Waals surface area contributed by atoms with Crippen molar-refractivity contribution >= 4 is 6.29 Å².